The van der Waals surface area contributed by atoms with Gasteiger partial charge in [-0.15, -0.1) is 0 Å². The van der Waals surface area contributed by atoms with Crippen molar-refractivity contribution in [2.75, 3.05) is 0 Å². The minimum absolute atomic E-state index is 1.17. The van der Waals surface area contributed by atoms with Crippen molar-refractivity contribution >= 4 is 0 Å². The van der Waals surface area contributed by atoms with Gasteiger partial charge in [-0.05, 0) is 43.9 Å². The van der Waals surface area contributed by atoms with E-state index in [9.17, 15) is 0 Å². The second-order valence-electron chi connectivity index (χ2n) is 7.27. The highest BCUT2D eigenvalue weighted by atomic mass is 14.9. The minimum atomic E-state index is 1.17. The van der Waals surface area contributed by atoms with Crippen LogP contribution in [0, 0.1) is 6.92 Å². The number of pyridine rings is 2. The number of aryl methyl sites for hydroxylation is 3. The van der Waals surface area contributed by atoms with Crippen molar-refractivity contribution in [3.63, 3.8) is 0 Å². The predicted molar refractivity (Wildman–Crippen MR) is 105 cm³/mol. The molecule has 0 aliphatic heterocycles. The number of nitrogens with zero attached hydrogens (tertiary/aromatic N) is 2. The van der Waals surface area contributed by atoms with E-state index in [1.807, 2.05) is 18.5 Å². The molecule has 0 saturated carbocycles. The van der Waals surface area contributed by atoms with Crippen molar-refractivity contribution in [3.05, 3.63) is 60.2 Å². The average Bonchev–Trinajstić information content (AvgIpc) is 2.63. The maximum absolute atomic E-state index is 4.17. The molecule has 0 fully saturated rings. The van der Waals surface area contributed by atoms with Crippen LogP contribution in [-0.4, -0.2) is 4.98 Å². The van der Waals surface area contributed by atoms with E-state index in [2.05, 4.69) is 47.1 Å². The molecular weight excluding hydrogens is 304 g/mol. The third kappa shape index (κ3) is 9.38. The molecule has 0 unspecified atom stereocenters. The predicted octanol–water partition coefficient (Wildman–Crippen LogP) is 5.82. The third-order valence-electron chi connectivity index (χ3n) is 4.86. The summed E-state index contributed by atoms with van der Waals surface area (Å²) in [5, 5.41) is 0. The quantitative estimate of drug-likeness (QED) is 0.332. The maximum Gasteiger partial charge on any atom is 0.171 e. The molecule has 0 bridgehead atoms. The second-order valence-corrected chi connectivity index (χ2v) is 7.27. The zero-order chi connectivity index (χ0) is 17.6. The molecule has 0 aliphatic carbocycles. The highest BCUT2D eigenvalue weighted by Gasteiger charge is 2.00. The van der Waals surface area contributed by atoms with Crippen molar-refractivity contribution in [1.29, 1.82) is 0 Å². The van der Waals surface area contributed by atoms with Crippen molar-refractivity contribution in [1.82, 2.24) is 4.98 Å². The van der Waals surface area contributed by atoms with Crippen LogP contribution in [0.5, 0.6) is 0 Å². The van der Waals surface area contributed by atoms with E-state index in [0.717, 1.165) is 0 Å². The molecule has 0 saturated heterocycles. The Morgan fingerprint density at radius 3 is 2.12 bits per heavy atom. The molecule has 25 heavy (non-hydrogen) atoms. The first kappa shape index (κ1) is 19.6. The lowest BCUT2D eigenvalue weighted by Gasteiger charge is -2.03. The van der Waals surface area contributed by atoms with E-state index in [0.29, 0.717) is 0 Å². The molecule has 0 amide bonds. The normalized spacial score (nSPS) is 10.9. The molecule has 2 aromatic rings. The summed E-state index contributed by atoms with van der Waals surface area (Å²) in [7, 11) is 0. The van der Waals surface area contributed by atoms with Crippen molar-refractivity contribution in [3.8, 4) is 0 Å². The van der Waals surface area contributed by atoms with Gasteiger partial charge in [0, 0.05) is 30.4 Å². The fourth-order valence-electron chi connectivity index (χ4n) is 3.38. The van der Waals surface area contributed by atoms with Gasteiger partial charge < -0.3 is 0 Å². The van der Waals surface area contributed by atoms with Crippen LogP contribution < -0.4 is 4.57 Å². The van der Waals surface area contributed by atoms with Crippen molar-refractivity contribution in [2.45, 2.75) is 84.1 Å². The molecule has 0 radical (unpaired) electrons. The molecular formula is C23H35N2+. The average molecular weight is 340 g/mol. The van der Waals surface area contributed by atoms with Gasteiger partial charge in [0.2, 0.25) is 0 Å². The van der Waals surface area contributed by atoms with E-state index >= 15 is 0 Å². The van der Waals surface area contributed by atoms with Crippen LogP contribution in [-0.2, 0) is 13.0 Å². The fraction of sp³-hybridized carbons (Fsp3) is 0.565. The van der Waals surface area contributed by atoms with E-state index in [1.54, 1.807) is 0 Å². The Morgan fingerprint density at radius 1 is 0.800 bits per heavy atom. The van der Waals surface area contributed by atoms with Crippen LogP contribution in [0.3, 0.4) is 0 Å². The number of rotatable bonds is 13. The Morgan fingerprint density at radius 2 is 1.48 bits per heavy atom. The summed E-state index contributed by atoms with van der Waals surface area (Å²) in [6.07, 6.45) is 23.3. The molecule has 0 aliphatic rings. The first-order valence-electron chi connectivity index (χ1n) is 10.2. The van der Waals surface area contributed by atoms with E-state index in [-0.39, 0.29) is 0 Å². The zero-order valence-corrected chi connectivity index (χ0v) is 16.0. The van der Waals surface area contributed by atoms with Gasteiger partial charge in [-0.2, -0.15) is 0 Å². The van der Waals surface area contributed by atoms with Crippen LogP contribution >= 0.6 is 0 Å². The van der Waals surface area contributed by atoms with E-state index in [4.69, 9.17) is 0 Å². The van der Waals surface area contributed by atoms with Crippen LogP contribution in [0.1, 0.15) is 75.3 Å². The summed E-state index contributed by atoms with van der Waals surface area (Å²) >= 11 is 0. The summed E-state index contributed by atoms with van der Waals surface area (Å²) in [5.41, 5.74) is 2.73. The molecule has 2 rings (SSSR count). The van der Waals surface area contributed by atoms with Crippen LogP contribution in [0.2, 0.25) is 0 Å². The Kier molecular flexibility index (Phi) is 9.92. The van der Waals surface area contributed by atoms with Gasteiger partial charge in [0.1, 0.15) is 6.54 Å². The highest BCUT2D eigenvalue weighted by Crippen LogP contribution is 2.12. The summed E-state index contributed by atoms with van der Waals surface area (Å²) in [5.74, 6) is 0. The van der Waals surface area contributed by atoms with Gasteiger partial charge in [0.25, 0.3) is 0 Å². The van der Waals surface area contributed by atoms with Gasteiger partial charge in [-0.25, -0.2) is 4.57 Å². The van der Waals surface area contributed by atoms with Gasteiger partial charge >= 0.3 is 0 Å². The standard InChI is InChI=1S/C23H35N2/c1-22-14-13-19-25(21-22)18-11-9-7-5-3-2-4-6-8-10-15-23-16-12-17-24-20-23/h12-14,16-17,19-21H,2-11,15,18H2,1H3/q+1. The van der Waals surface area contributed by atoms with Gasteiger partial charge in [0.15, 0.2) is 12.4 Å². The summed E-state index contributed by atoms with van der Waals surface area (Å²) in [4.78, 5) is 4.17. The monoisotopic (exact) mass is 339 g/mol. The smallest absolute Gasteiger partial charge is 0.171 e. The SMILES string of the molecule is Cc1ccc[n+](CCCCCCCCCCCCc2cccnc2)c1. The zero-order valence-electron chi connectivity index (χ0n) is 16.0. The Balaban J connectivity index is 1.34. The highest BCUT2D eigenvalue weighted by molar-refractivity contribution is 5.08. The van der Waals surface area contributed by atoms with Crippen LogP contribution in [0.25, 0.3) is 0 Å². The summed E-state index contributed by atoms with van der Waals surface area (Å²) in [6, 6.07) is 8.53. The van der Waals surface area contributed by atoms with Crippen molar-refractivity contribution in [2.24, 2.45) is 0 Å². The molecule has 0 N–H and O–H groups in total. The lowest BCUT2D eigenvalue weighted by molar-refractivity contribution is -0.697. The maximum atomic E-state index is 4.17. The molecule has 2 aromatic heterocycles. The fourth-order valence-corrected chi connectivity index (χ4v) is 3.38. The third-order valence-corrected chi connectivity index (χ3v) is 4.86. The van der Waals surface area contributed by atoms with Gasteiger partial charge in [0.05, 0.1) is 0 Å². The number of hydrogen-bond donors (Lipinski definition) is 0. The van der Waals surface area contributed by atoms with E-state index < -0.39 is 0 Å². The molecule has 2 heterocycles. The summed E-state index contributed by atoms with van der Waals surface area (Å²) in [6.45, 7) is 3.33. The van der Waals surface area contributed by atoms with Crippen LogP contribution in [0.15, 0.2) is 49.1 Å². The second kappa shape index (κ2) is 12.6. The molecule has 2 heteroatoms. The minimum Gasteiger partial charge on any atom is -0.264 e. The largest absolute Gasteiger partial charge is 0.264 e. The molecule has 136 valence electrons. The van der Waals surface area contributed by atoms with Crippen molar-refractivity contribution < 1.29 is 4.57 Å². The molecule has 0 spiro atoms. The molecule has 2 nitrogen and oxygen atoms in total. The number of aromatic nitrogens is 2. The first-order chi connectivity index (χ1) is 12.3. The Hall–Kier alpha value is -1.70. The Bertz CT molecular complexity index is 565. The first-order valence-corrected chi connectivity index (χ1v) is 10.2. The van der Waals surface area contributed by atoms with E-state index in [1.165, 1.54) is 88.3 Å². The topological polar surface area (TPSA) is 16.8 Å². The Labute approximate surface area is 154 Å². The number of unbranched alkanes of at least 4 members (excludes halogenated alkanes) is 9. The van der Waals surface area contributed by atoms with Gasteiger partial charge in [-0.3, -0.25) is 4.98 Å². The lowest BCUT2D eigenvalue weighted by Crippen LogP contribution is -2.32. The molecule has 0 aromatic carbocycles. The number of hydrogen-bond acceptors (Lipinski definition) is 1. The summed E-state index contributed by atoms with van der Waals surface area (Å²) < 4.78 is 2.32. The van der Waals surface area contributed by atoms with Gasteiger partial charge in [-0.1, -0.05) is 51.0 Å². The van der Waals surface area contributed by atoms with Crippen LogP contribution in [0.4, 0.5) is 0 Å². The molecule has 0 atom stereocenters. The lowest BCUT2D eigenvalue weighted by atomic mass is 10.0.